The van der Waals surface area contributed by atoms with Crippen LogP contribution in [0.5, 0.6) is 11.8 Å². The molecule has 0 radical (unpaired) electrons. The fourth-order valence-corrected chi connectivity index (χ4v) is 2.33. The first kappa shape index (κ1) is 14.9. The summed E-state index contributed by atoms with van der Waals surface area (Å²) in [5, 5.41) is 6.00. The van der Waals surface area contributed by atoms with E-state index < -0.39 is 0 Å². The van der Waals surface area contributed by atoms with Gasteiger partial charge in [-0.15, -0.1) is 0 Å². The molecule has 2 aromatic heterocycles. The molecule has 1 N–H and O–H groups in total. The number of methoxy groups -OCH3 is 1. The van der Waals surface area contributed by atoms with Gasteiger partial charge in [0, 0.05) is 31.4 Å². The van der Waals surface area contributed by atoms with E-state index in [1.807, 2.05) is 0 Å². The van der Waals surface area contributed by atoms with Gasteiger partial charge in [0.2, 0.25) is 0 Å². The summed E-state index contributed by atoms with van der Waals surface area (Å²) >= 11 is 0. The van der Waals surface area contributed by atoms with E-state index in [4.69, 9.17) is 9.47 Å². The van der Waals surface area contributed by atoms with Crippen molar-refractivity contribution < 1.29 is 14.3 Å². The summed E-state index contributed by atoms with van der Waals surface area (Å²) in [5.41, 5.74) is -0.152. The van der Waals surface area contributed by atoms with E-state index in [1.54, 1.807) is 4.90 Å². The molecule has 23 heavy (non-hydrogen) atoms. The number of nitrogens with one attached hydrogen (secondary N) is 1. The molecule has 2 aromatic rings. The van der Waals surface area contributed by atoms with Gasteiger partial charge in [0.25, 0.3) is 23.2 Å². The van der Waals surface area contributed by atoms with E-state index >= 15 is 0 Å². The van der Waals surface area contributed by atoms with Crippen molar-refractivity contribution in [1.29, 1.82) is 0 Å². The third-order valence-electron chi connectivity index (χ3n) is 3.44. The predicted octanol–water partition coefficient (Wildman–Crippen LogP) is -0.138. The Bertz CT molecular complexity index is 742. The number of hydrogen-bond acceptors (Lipinski definition) is 7. The molecule has 1 unspecified atom stereocenters. The molecule has 9 heteroatoms. The van der Waals surface area contributed by atoms with Crippen LogP contribution in [0.15, 0.2) is 29.3 Å². The van der Waals surface area contributed by atoms with Gasteiger partial charge in [-0.2, -0.15) is 5.10 Å². The standard InChI is InChI=1S/C14H15N5O4/c1-22-12-13(16-6-5-15-12)23-9-4-7-19(8-9)14(21)10-2-3-11(20)18-17-10/h2-3,5-6,9H,4,7-8H2,1H3,(H,18,20). The number of carbonyl (C=O) groups excluding carboxylic acids is 1. The van der Waals surface area contributed by atoms with Crippen LogP contribution in [0.2, 0.25) is 0 Å². The molecule has 0 aliphatic carbocycles. The second-order valence-corrected chi connectivity index (χ2v) is 4.96. The number of likely N-dealkylation sites (tertiary alicyclic amines) is 1. The lowest BCUT2D eigenvalue weighted by atomic mass is 10.3. The first-order valence-electron chi connectivity index (χ1n) is 7.04. The number of aromatic nitrogens is 4. The average Bonchev–Trinajstić information content (AvgIpc) is 3.04. The van der Waals surface area contributed by atoms with Crippen LogP contribution in [0, 0.1) is 0 Å². The van der Waals surface area contributed by atoms with Crippen molar-refractivity contribution in [2.45, 2.75) is 12.5 Å². The molecule has 1 aliphatic rings. The molecule has 120 valence electrons. The second kappa shape index (κ2) is 6.42. The minimum Gasteiger partial charge on any atom is -0.477 e. The maximum Gasteiger partial charge on any atom is 0.278 e. The summed E-state index contributed by atoms with van der Waals surface area (Å²) in [7, 11) is 1.49. The van der Waals surface area contributed by atoms with E-state index in [1.165, 1.54) is 31.6 Å². The van der Waals surface area contributed by atoms with E-state index in [0.29, 0.717) is 31.3 Å². The monoisotopic (exact) mass is 317 g/mol. The van der Waals surface area contributed by atoms with Crippen molar-refractivity contribution in [1.82, 2.24) is 25.1 Å². The van der Waals surface area contributed by atoms with Gasteiger partial charge < -0.3 is 14.4 Å². The fourth-order valence-electron chi connectivity index (χ4n) is 2.33. The highest BCUT2D eigenvalue weighted by Gasteiger charge is 2.30. The third-order valence-corrected chi connectivity index (χ3v) is 3.44. The molecule has 0 saturated carbocycles. The lowest BCUT2D eigenvalue weighted by Gasteiger charge is -2.16. The molecule has 3 heterocycles. The number of aromatic amines is 1. The highest BCUT2D eigenvalue weighted by molar-refractivity contribution is 5.92. The van der Waals surface area contributed by atoms with Crippen molar-refractivity contribution in [2.24, 2.45) is 0 Å². The van der Waals surface area contributed by atoms with Crippen LogP contribution >= 0.6 is 0 Å². The van der Waals surface area contributed by atoms with Crippen molar-refractivity contribution >= 4 is 5.91 Å². The number of amides is 1. The number of carbonyl (C=O) groups is 1. The van der Waals surface area contributed by atoms with Crippen LogP contribution in [-0.4, -0.2) is 57.3 Å². The molecule has 1 atom stereocenters. The van der Waals surface area contributed by atoms with Crippen molar-refractivity contribution in [3.05, 3.63) is 40.6 Å². The molecule has 3 rings (SSSR count). The molecular weight excluding hydrogens is 302 g/mol. The highest BCUT2D eigenvalue weighted by atomic mass is 16.5. The fraction of sp³-hybridized carbons (Fsp3) is 0.357. The zero-order valence-electron chi connectivity index (χ0n) is 12.4. The first-order chi connectivity index (χ1) is 11.2. The van der Waals surface area contributed by atoms with Crippen LogP contribution in [0.4, 0.5) is 0 Å². The molecule has 1 aliphatic heterocycles. The van der Waals surface area contributed by atoms with Gasteiger partial charge in [0.1, 0.15) is 11.8 Å². The smallest absolute Gasteiger partial charge is 0.278 e. The largest absolute Gasteiger partial charge is 0.477 e. The Labute approximate surface area is 131 Å². The lowest BCUT2D eigenvalue weighted by molar-refractivity contribution is 0.0763. The van der Waals surface area contributed by atoms with E-state index in [-0.39, 0.29) is 23.3 Å². The average molecular weight is 317 g/mol. The molecule has 1 fully saturated rings. The molecule has 1 amide bonds. The highest BCUT2D eigenvalue weighted by Crippen LogP contribution is 2.24. The summed E-state index contributed by atoms with van der Waals surface area (Å²) in [6.45, 7) is 0.937. The number of ether oxygens (including phenoxy) is 2. The zero-order valence-corrected chi connectivity index (χ0v) is 12.4. The minimum atomic E-state index is -0.348. The Hall–Kier alpha value is -2.97. The zero-order chi connectivity index (χ0) is 16.2. The number of nitrogens with zero attached hydrogens (tertiary/aromatic N) is 4. The Morgan fingerprint density at radius 3 is 2.78 bits per heavy atom. The van der Waals surface area contributed by atoms with E-state index in [0.717, 1.165) is 0 Å². The Morgan fingerprint density at radius 1 is 1.30 bits per heavy atom. The molecular formula is C14H15N5O4. The topological polar surface area (TPSA) is 110 Å². The second-order valence-electron chi connectivity index (χ2n) is 4.96. The maximum absolute atomic E-state index is 12.3. The maximum atomic E-state index is 12.3. The molecule has 0 bridgehead atoms. The summed E-state index contributed by atoms with van der Waals surface area (Å²) in [6.07, 6.45) is 3.49. The normalized spacial score (nSPS) is 17.1. The number of H-pyrrole nitrogens is 1. The lowest BCUT2D eigenvalue weighted by Crippen LogP contribution is -2.32. The first-order valence-corrected chi connectivity index (χ1v) is 7.04. The number of hydrogen-bond donors (Lipinski definition) is 1. The van der Waals surface area contributed by atoms with Crippen LogP contribution in [0.1, 0.15) is 16.9 Å². The third kappa shape index (κ3) is 3.28. The van der Waals surface area contributed by atoms with Gasteiger partial charge in [0.05, 0.1) is 13.7 Å². The van der Waals surface area contributed by atoms with Crippen LogP contribution in [0.3, 0.4) is 0 Å². The van der Waals surface area contributed by atoms with Gasteiger partial charge in [-0.05, 0) is 6.07 Å². The summed E-state index contributed by atoms with van der Waals surface area (Å²) < 4.78 is 10.8. The number of rotatable bonds is 4. The SMILES string of the molecule is COc1nccnc1OC1CCN(C(=O)c2ccc(=O)[nH]n2)C1. The molecule has 0 spiro atoms. The van der Waals surface area contributed by atoms with Crippen molar-refractivity contribution in [2.75, 3.05) is 20.2 Å². The van der Waals surface area contributed by atoms with Crippen LogP contribution in [0.25, 0.3) is 0 Å². The Kier molecular flexibility index (Phi) is 4.18. The summed E-state index contributed by atoms with van der Waals surface area (Å²) in [5.74, 6) is 0.356. The van der Waals surface area contributed by atoms with Gasteiger partial charge in [-0.1, -0.05) is 0 Å². The van der Waals surface area contributed by atoms with Gasteiger partial charge >= 0.3 is 0 Å². The van der Waals surface area contributed by atoms with Crippen molar-refractivity contribution in [3.8, 4) is 11.8 Å². The van der Waals surface area contributed by atoms with Crippen LogP contribution in [-0.2, 0) is 0 Å². The minimum absolute atomic E-state index is 0.197. The summed E-state index contributed by atoms with van der Waals surface area (Å²) in [4.78, 5) is 33.0. The molecule has 9 nitrogen and oxygen atoms in total. The van der Waals surface area contributed by atoms with Gasteiger partial charge in [0.15, 0.2) is 0 Å². The molecule has 0 aromatic carbocycles. The quantitative estimate of drug-likeness (QED) is 0.835. The van der Waals surface area contributed by atoms with Gasteiger partial charge in [-0.3, -0.25) is 9.59 Å². The molecule has 1 saturated heterocycles. The van der Waals surface area contributed by atoms with Gasteiger partial charge in [-0.25, -0.2) is 15.1 Å². The van der Waals surface area contributed by atoms with Crippen molar-refractivity contribution in [3.63, 3.8) is 0 Å². The Morgan fingerprint density at radius 2 is 2.09 bits per heavy atom. The van der Waals surface area contributed by atoms with Crippen LogP contribution < -0.4 is 15.0 Å². The predicted molar refractivity (Wildman–Crippen MR) is 78.4 cm³/mol. The Balaban J connectivity index is 1.65. The van der Waals surface area contributed by atoms with E-state index in [2.05, 4.69) is 20.2 Å². The summed E-state index contributed by atoms with van der Waals surface area (Å²) in [6, 6.07) is 2.68. The van der Waals surface area contributed by atoms with E-state index in [9.17, 15) is 9.59 Å².